The minimum Gasteiger partial charge on any atom is -0.260 e. The number of nitrogens with zero attached hydrogens (tertiary/aromatic N) is 2. The van der Waals surface area contributed by atoms with Crippen LogP contribution in [0.1, 0.15) is 5.56 Å². The molecule has 0 fully saturated rings. The van der Waals surface area contributed by atoms with Gasteiger partial charge in [0, 0.05) is 6.07 Å². The lowest BCUT2D eigenvalue weighted by molar-refractivity contribution is -0.0429. The lowest BCUT2D eigenvalue weighted by Gasteiger charge is -2.13. The van der Waals surface area contributed by atoms with Crippen LogP contribution in [0.5, 0.6) is 0 Å². The van der Waals surface area contributed by atoms with Gasteiger partial charge in [0.25, 0.3) is 0 Å². The number of para-hydroxylation sites is 1. The standard InChI is InChI=1S/C15H12F3N3O2S2/c1-10-5-2-3-6-12(10)21-14(20-25(22,23)15(16,17)18)9-11(19-21)13-7-4-8-24-13/h2-9,20H,1H3. The molecule has 0 aliphatic heterocycles. The fraction of sp³-hybridized carbons (Fsp3) is 0.133. The number of benzene rings is 1. The number of aryl methyl sites for hydroxylation is 1. The third kappa shape index (κ3) is 3.40. The summed E-state index contributed by atoms with van der Waals surface area (Å²) in [6, 6.07) is 11.7. The number of hydrogen-bond acceptors (Lipinski definition) is 4. The van der Waals surface area contributed by atoms with E-state index in [1.807, 2.05) is 0 Å². The molecule has 0 spiro atoms. The van der Waals surface area contributed by atoms with Gasteiger partial charge in [0.2, 0.25) is 0 Å². The van der Waals surface area contributed by atoms with Crippen molar-refractivity contribution in [2.45, 2.75) is 12.4 Å². The molecule has 3 aromatic rings. The number of nitrogens with one attached hydrogen (secondary N) is 1. The van der Waals surface area contributed by atoms with Gasteiger partial charge in [-0.2, -0.15) is 26.7 Å². The van der Waals surface area contributed by atoms with Gasteiger partial charge in [0.1, 0.15) is 11.5 Å². The van der Waals surface area contributed by atoms with Crippen molar-refractivity contribution in [1.82, 2.24) is 9.78 Å². The molecule has 25 heavy (non-hydrogen) atoms. The monoisotopic (exact) mass is 387 g/mol. The first kappa shape index (κ1) is 17.5. The van der Waals surface area contributed by atoms with Crippen LogP contribution in [0.3, 0.4) is 0 Å². The molecule has 0 saturated carbocycles. The Morgan fingerprint density at radius 3 is 2.48 bits per heavy atom. The molecule has 10 heteroatoms. The highest BCUT2D eigenvalue weighted by Crippen LogP contribution is 2.31. The Morgan fingerprint density at radius 1 is 1.16 bits per heavy atom. The summed E-state index contributed by atoms with van der Waals surface area (Å²) in [6.07, 6.45) is 0. The van der Waals surface area contributed by atoms with E-state index in [1.165, 1.54) is 17.4 Å². The SMILES string of the molecule is Cc1ccccc1-n1nc(-c2cccs2)cc1NS(=O)(=O)C(F)(F)F. The molecule has 1 aromatic carbocycles. The summed E-state index contributed by atoms with van der Waals surface area (Å²) in [6.45, 7) is 1.75. The van der Waals surface area contributed by atoms with E-state index in [2.05, 4.69) is 5.10 Å². The maximum absolute atomic E-state index is 12.7. The Balaban J connectivity index is 2.15. The molecule has 5 nitrogen and oxygen atoms in total. The minimum atomic E-state index is -5.56. The van der Waals surface area contributed by atoms with Gasteiger partial charge < -0.3 is 0 Å². The summed E-state index contributed by atoms with van der Waals surface area (Å²) in [5.41, 5.74) is -3.84. The molecule has 0 atom stereocenters. The van der Waals surface area contributed by atoms with Gasteiger partial charge >= 0.3 is 15.5 Å². The zero-order chi connectivity index (χ0) is 18.2. The fourth-order valence-electron chi connectivity index (χ4n) is 2.18. The predicted octanol–water partition coefficient (Wildman–Crippen LogP) is 4.17. The zero-order valence-electron chi connectivity index (χ0n) is 12.8. The predicted molar refractivity (Wildman–Crippen MR) is 90.2 cm³/mol. The summed E-state index contributed by atoms with van der Waals surface area (Å²) in [4.78, 5) is 0.708. The highest BCUT2D eigenvalue weighted by Gasteiger charge is 2.46. The Morgan fingerprint density at radius 2 is 1.88 bits per heavy atom. The lowest BCUT2D eigenvalue weighted by atomic mass is 10.2. The zero-order valence-corrected chi connectivity index (χ0v) is 14.4. The molecule has 0 bridgehead atoms. The van der Waals surface area contributed by atoms with E-state index in [0.717, 1.165) is 10.2 Å². The molecular formula is C15H12F3N3O2S2. The van der Waals surface area contributed by atoms with Gasteiger partial charge in [-0.05, 0) is 30.0 Å². The van der Waals surface area contributed by atoms with Gasteiger partial charge in [-0.25, -0.2) is 4.68 Å². The normalized spacial score (nSPS) is 12.3. The van der Waals surface area contributed by atoms with E-state index in [4.69, 9.17) is 0 Å². The van der Waals surface area contributed by atoms with E-state index in [0.29, 0.717) is 16.3 Å². The van der Waals surface area contributed by atoms with Crippen LogP contribution in [-0.4, -0.2) is 23.7 Å². The maximum Gasteiger partial charge on any atom is 0.516 e. The van der Waals surface area contributed by atoms with Crippen molar-refractivity contribution in [2.24, 2.45) is 0 Å². The van der Waals surface area contributed by atoms with Crippen molar-refractivity contribution < 1.29 is 21.6 Å². The Kier molecular flexibility index (Phi) is 4.33. The molecule has 2 heterocycles. The van der Waals surface area contributed by atoms with Gasteiger partial charge in [0.05, 0.1) is 10.6 Å². The summed E-state index contributed by atoms with van der Waals surface area (Å²) in [5, 5.41) is 6.08. The second-order valence-electron chi connectivity index (χ2n) is 5.14. The quantitative estimate of drug-likeness (QED) is 0.731. The van der Waals surface area contributed by atoms with Crippen LogP contribution in [0.15, 0.2) is 47.8 Å². The molecular weight excluding hydrogens is 375 g/mol. The van der Waals surface area contributed by atoms with Crippen molar-refractivity contribution in [3.8, 4) is 16.3 Å². The van der Waals surface area contributed by atoms with Crippen molar-refractivity contribution in [3.05, 3.63) is 53.4 Å². The third-order valence-corrected chi connectivity index (χ3v) is 5.35. The highest BCUT2D eigenvalue weighted by molar-refractivity contribution is 7.93. The first-order valence-corrected chi connectivity index (χ1v) is 9.34. The summed E-state index contributed by atoms with van der Waals surface area (Å²) >= 11 is 1.35. The van der Waals surface area contributed by atoms with Crippen LogP contribution in [0.4, 0.5) is 19.0 Å². The Labute approximate surface area is 145 Å². The molecule has 132 valence electrons. The van der Waals surface area contributed by atoms with E-state index in [1.54, 1.807) is 53.4 Å². The lowest BCUT2D eigenvalue weighted by Crippen LogP contribution is -2.30. The van der Waals surface area contributed by atoms with E-state index >= 15 is 0 Å². The number of rotatable bonds is 4. The van der Waals surface area contributed by atoms with Crippen LogP contribution in [0.2, 0.25) is 0 Å². The van der Waals surface area contributed by atoms with Crippen LogP contribution in [0.25, 0.3) is 16.3 Å². The number of halogens is 3. The number of thiophene rings is 1. The van der Waals surface area contributed by atoms with Crippen LogP contribution in [0, 0.1) is 6.92 Å². The second-order valence-corrected chi connectivity index (χ2v) is 7.76. The van der Waals surface area contributed by atoms with E-state index in [-0.39, 0.29) is 5.82 Å². The first-order valence-electron chi connectivity index (χ1n) is 6.98. The summed E-state index contributed by atoms with van der Waals surface area (Å²) in [7, 11) is -5.56. The summed E-state index contributed by atoms with van der Waals surface area (Å²) < 4.78 is 64.0. The van der Waals surface area contributed by atoms with Crippen LogP contribution < -0.4 is 4.72 Å². The minimum absolute atomic E-state index is 0.282. The van der Waals surface area contributed by atoms with Crippen LogP contribution >= 0.6 is 11.3 Å². The van der Waals surface area contributed by atoms with Gasteiger partial charge in [-0.1, -0.05) is 24.3 Å². The summed E-state index contributed by atoms with van der Waals surface area (Å²) in [5.74, 6) is -0.282. The fourth-order valence-corrected chi connectivity index (χ4v) is 3.40. The average Bonchev–Trinajstić information content (AvgIpc) is 3.15. The van der Waals surface area contributed by atoms with Crippen molar-refractivity contribution in [1.29, 1.82) is 0 Å². The second kappa shape index (κ2) is 6.19. The molecule has 0 radical (unpaired) electrons. The molecule has 0 aliphatic rings. The Bertz CT molecular complexity index is 993. The number of hydrogen-bond donors (Lipinski definition) is 1. The van der Waals surface area contributed by atoms with Gasteiger partial charge in [0.15, 0.2) is 0 Å². The topological polar surface area (TPSA) is 64.0 Å². The largest absolute Gasteiger partial charge is 0.516 e. The smallest absolute Gasteiger partial charge is 0.260 e. The average molecular weight is 387 g/mol. The molecule has 0 unspecified atom stereocenters. The number of anilines is 1. The van der Waals surface area contributed by atoms with E-state index < -0.39 is 15.5 Å². The third-order valence-electron chi connectivity index (χ3n) is 3.37. The molecule has 0 amide bonds. The van der Waals surface area contributed by atoms with Gasteiger partial charge in [-0.15, -0.1) is 11.3 Å². The molecule has 0 saturated heterocycles. The number of aromatic nitrogens is 2. The molecule has 3 rings (SSSR count). The van der Waals surface area contributed by atoms with Crippen molar-refractivity contribution in [3.63, 3.8) is 0 Å². The number of alkyl halides is 3. The number of sulfonamides is 1. The van der Waals surface area contributed by atoms with Gasteiger partial charge in [-0.3, -0.25) is 4.72 Å². The van der Waals surface area contributed by atoms with E-state index in [9.17, 15) is 21.6 Å². The van der Waals surface area contributed by atoms with Crippen molar-refractivity contribution in [2.75, 3.05) is 4.72 Å². The van der Waals surface area contributed by atoms with Crippen LogP contribution in [-0.2, 0) is 10.0 Å². The molecule has 1 N–H and O–H groups in total. The Hall–Kier alpha value is -2.33. The molecule has 0 aliphatic carbocycles. The first-order chi connectivity index (χ1) is 11.7. The maximum atomic E-state index is 12.7. The molecule has 2 aromatic heterocycles. The van der Waals surface area contributed by atoms with Crippen molar-refractivity contribution >= 4 is 27.2 Å². The highest BCUT2D eigenvalue weighted by atomic mass is 32.2.